The summed E-state index contributed by atoms with van der Waals surface area (Å²) in [4.78, 5) is 29.2. The standard InChI is InChI=1S/C21H26N2O4/c1-16(17-9-5-3-6-10-17)23-15-22-13-18(23)19(24)27-14-21(20(25)26-2)11-7-4-8-12-21/h3,5-6,9-10,13,15-16H,4,7-8,11-12,14H2,1-2H3. The van der Waals surface area contributed by atoms with E-state index < -0.39 is 11.4 Å². The summed E-state index contributed by atoms with van der Waals surface area (Å²) in [7, 11) is 1.39. The highest BCUT2D eigenvalue weighted by atomic mass is 16.5. The molecule has 1 aliphatic rings. The van der Waals surface area contributed by atoms with Crippen molar-refractivity contribution in [1.82, 2.24) is 9.55 Å². The van der Waals surface area contributed by atoms with E-state index in [9.17, 15) is 9.59 Å². The maximum Gasteiger partial charge on any atom is 0.356 e. The lowest BCUT2D eigenvalue weighted by molar-refractivity contribution is -0.158. The second-order valence-electron chi connectivity index (χ2n) is 7.18. The van der Waals surface area contributed by atoms with Gasteiger partial charge in [0.05, 0.1) is 25.7 Å². The molecule has 144 valence electrons. The molecule has 0 spiro atoms. The molecule has 0 N–H and O–H groups in total. The van der Waals surface area contributed by atoms with Gasteiger partial charge in [-0.05, 0) is 25.3 Å². The molecule has 1 saturated carbocycles. The molecule has 0 radical (unpaired) electrons. The first-order valence-electron chi connectivity index (χ1n) is 9.40. The van der Waals surface area contributed by atoms with Crippen molar-refractivity contribution in [2.24, 2.45) is 5.41 Å². The molecule has 1 atom stereocenters. The molecule has 1 aromatic carbocycles. The van der Waals surface area contributed by atoms with Crippen LogP contribution in [0.3, 0.4) is 0 Å². The van der Waals surface area contributed by atoms with Crippen molar-refractivity contribution in [2.45, 2.75) is 45.1 Å². The van der Waals surface area contributed by atoms with E-state index in [1.54, 1.807) is 10.9 Å². The first kappa shape index (κ1) is 19.1. The smallest absolute Gasteiger partial charge is 0.356 e. The highest BCUT2D eigenvalue weighted by Gasteiger charge is 2.42. The zero-order chi connectivity index (χ0) is 19.3. The van der Waals surface area contributed by atoms with Gasteiger partial charge in [0.2, 0.25) is 0 Å². The molecule has 1 unspecified atom stereocenters. The summed E-state index contributed by atoms with van der Waals surface area (Å²) in [5.74, 6) is -0.759. The molecule has 1 aliphatic carbocycles. The number of nitrogens with zero attached hydrogens (tertiary/aromatic N) is 2. The van der Waals surface area contributed by atoms with Gasteiger partial charge in [-0.1, -0.05) is 49.6 Å². The third-order valence-electron chi connectivity index (χ3n) is 5.48. The van der Waals surface area contributed by atoms with E-state index in [1.165, 1.54) is 13.3 Å². The Morgan fingerprint density at radius 2 is 1.89 bits per heavy atom. The first-order valence-corrected chi connectivity index (χ1v) is 9.40. The summed E-state index contributed by atoms with van der Waals surface area (Å²) in [5, 5.41) is 0. The van der Waals surface area contributed by atoms with Crippen molar-refractivity contribution in [3.63, 3.8) is 0 Å². The van der Waals surface area contributed by atoms with Crippen LogP contribution in [-0.2, 0) is 14.3 Å². The van der Waals surface area contributed by atoms with Crippen LogP contribution in [0.25, 0.3) is 0 Å². The molecule has 1 heterocycles. The maximum atomic E-state index is 12.7. The summed E-state index contributed by atoms with van der Waals surface area (Å²) in [6.07, 6.45) is 7.48. The Bertz CT molecular complexity index is 778. The molecule has 1 fully saturated rings. The molecule has 1 aromatic heterocycles. The number of carbonyl (C=O) groups excluding carboxylic acids is 2. The van der Waals surface area contributed by atoms with Crippen LogP contribution in [0.2, 0.25) is 0 Å². The van der Waals surface area contributed by atoms with Crippen molar-refractivity contribution < 1.29 is 19.1 Å². The van der Waals surface area contributed by atoms with Crippen LogP contribution in [0.5, 0.6) is 0 Å². The van der Waals surface area contributed by atoms with Crippen LogP contribution in [0.1, 0.15) is 61.1 Å². The quantitative estimate of drug-likeness (QED) is 0.724. The lowest BCUT2D eigenvalue weighted by Crippen LogP contribution is -2.39. The number of imidazole rings is 1. The molecule has 0 bridgehead atoms. The predicted octanol–water partition coefficient (Wildman–Crippen LogP) is 3.77. The van der Waals surface area contributed by atoms with E-state index in [2.05, 4.69) is 4.98 Å². The van der Waals surface area contributed by atoms with Gasteiger partial charge < -0.3 is 14.0 Å². The number of hydrogen-bond donors (Lipinski definition) is 0. The third-order valence-corrected chi connectivity index (χ3v) is 5.48. The fourth-order valence-electron chi connectivity index (χ4n) is 3.79. The lowest BCUT2D eigenvalue weighted by Gasteiger charge is -2.33. The van der Waals surface area contributed by atoms with Gasteiger partial charge in [-0.3, -0.25) is 4.79 Å². The Morgan fingerprint density at radius 1 is 1.19 bits per heavy atom. The highest BCUT2D eigenvalue weighted by Crippen LogP contribution is 2.38. The zero-order valence-electron chi connectivity index (χ0n) is 15.9. The van der Waals surface area contributed by atoms with E-state index >= 15 is 0 Å². The minimum atomic E-state index is -0.724. The second kappa shape index (κ2) is 8.37. The monoisotopic (exact) mass is 370 g/mol. The molecule has 6 heteroatoms. The molecule has 0 saturated heterocycles. The number of esters is 2. The van der Waals surface area contributed by atoms with Crippen molar-refractivity contribution in [3.05, 3.63) is 54.1 Å². The normalized spacial score (nSPS) is 17.1. The van der Waals surface area contributed by atoms with Crippen LogP contribution >= 0.6 is 0 Å². The van der Waals surface area contributed by atoms with Gasteiger partial charge in [0, 0.05) is 0 Å². The summed E-state index contributed by atoms with van der Waals surface area (Å²) in [6.45, 7) is 2.05. The summed E-state index contributed by atoms with van der Waals surface area (Å²) < 4.78 is 12.4. The largest absolute Gasteiger partial charge is 0.468 e. The van der Waals surface area contributed by atoms with Crippen LogP contribution in [0.15, 0.2) is 42.9 Å². The van der Waals surface area contributed by atoms with Gasteiger partial charge in [0.15, 0.2) is 0 Å². The van der Waals surface area contributed by atoms with Crippen LogP contribution in [0.4, 0.5) is 0 Å². The Labute approximate surface area is 159 Å². The zero-order valence-corrected chi connectivity index (χ0v) is 15.9. The molecule has 3 rings (SSSR count). The number of aromatic nitrogens is 2. The molecular formula is C21H26N2O4. The Kier molecular flexibility index (Phi) is 5.94. The van der Waals surface area contributed by atoms with Crippen molar-refractivity contribution in [3.8, 4) is 0 Å². The van der Waals surface area contributed by atoms with Gasteiger partial charge in [0.25, 0.3) is 0 Å². The number of methoxy groups -OCH3 is 1. The van der Waals surface area contributed by atoms with Gasteiger partial charge in [-0.2, -0.15) is 0 Å². The number of carbonyl (C=O) groups is 2. The van der Waals surface area contributed by atoms with Gasteiger partial charge in [-0.15, -0.1) is 0 Å². The fourth-order valence-corrected chi connectivity index (χ4v) is 3.79. The van der Waals surface area contributed by atoms with E-state index in [-0.39, 0.29) is 18.6 Å². The molecule has 0 amide bonds. The molecule has 6 nitrogen and oxygen atoms in total. The molecular weight excluding hydrogens is 344 g/mol. The van der Waals surface area contributed by atoms with Gasteiger partial charge >= 0.3 is 11.9 Å². The summed E-state index contributed by atoms with van der Waals surface area (Å²) >= 11 is 0. The third kappa shape index (κ3) is 4.04. The molecule has 0 aliphatic heterocycles. The van der Waals surface area contributed by atoms with E-state index in [0.717, 1.165) is 24.8 Å². The average molecular weight is 370 g/mol. The lowest BCUT2D eigenvalue weighted by atomic mass is 9.74. The maximum absolute atomic E-state index is 12.7. The van der Waals surface area contributed by atoms with Crippen molar-refractivity contribution in [2.75, 3.05) is 13.7 Å². The summed E-state index contributed by atoms with van der Waals surface area (Å²) in [5.41, 5.74) is 0.725. The number of rotatable bonds is 6. The topological polar surface area (TPSA) is 70.4 Å². The average Bonchev–Trinajstić information content (AvgIpc) is 3.22. The van der Waals surface area contributed by atoms with E-state index in [1.807, 2.05) is 37.3 Å². The Balaban J connectivity index is 1.73. The van der Waals surface area contributed by atoms with Gasteiger partial charge in [0.1, 0.15) is 17.7 Å². The fraction of sp³-hybridized carbons (Fsp3) is 0.476. The summed E-state index contributed by atoms with van der Waals surface area (Å²) in [6, 6.07) is 9.84. The number of benzene rings is 1. The highest BCUT2D eigenvalue weighted by molar-refractivity contribution is 5.88. The predicted molar refractivity (Wildman–Crippen MR) is 100 cm³/mol. The second-order valence-corrected chi connectivity index (χ2v) is 7.18. The van der Waals surface area contributed by atoms with Crippen LogP contribution in [-0.4, -0.2) is 35.2 Å². The number of ether oxygens (including phenoxy) is 2. The van der Waals surface area contributed by atoms with Crippen molar-refractivity contribution in [1.29, 1.82) is 0 Å². The van der Waals surface area contributed by atoms with Crippen LogP contribution < -0.4 is 0 Å². The Hall–Kier alpha value is -2.63. The van der Waals surface area contributed by atoms with Gasteiger partial charge in [-0.25, -0.2) is 9.78 Å². The number of hydrogen-bond acceptors (Lipinski definition) is 5. The van der Waals surface area contributed by atoms with E-state index in [4.69, 9.17) is 9.47 Å². The van der Waals surface area contributed by atoms with Crippen molar-refractivity contribution >= 4 is 11.9 Å². The molecule has 27 heavy (non-hydrogen) atoms. The Morgan fingerprint density at radius 3 is 2.56 bits per heavy atom. The molecule has 2 aromatic rings. The minimum Gasteiger partial charge on any atom is -0.468 e. The minimum absolute atomic E-state index is 0.0450. The first-order chi connectivity index (χ1) is 13.1. The van der Waals surface area contributed by atoms with Crippen LogP contribution in [0, 0.1) is 5.41 Å². The SMILES string of the molecule is COC(=O)C1(COC(=O)c2cncn2C(C)c2ccccc2)CCCCC1. The van der Waals surface area contributed by atoms with E-state index in [0.29, 0.717) is 18.5 Å².